The molecule has 5 aromatic rings. The van der Waals surface area contributed by atoms with E-state index in [1.54, 1.807) is 7.11 Å². The Morgan fingerprint density at radius 1 is 0.944 bits per heavy atom. The van der Waals surface area contributed by atoms with Gasteiger partial charge in [0.25, 0.3) is 0 Å². The number of hydrogen-bond donors (Lipinski definition) is 0. The minimum absolute atomic E-state index is 0.142. The van der Waals surface area contributed by atoms with Crippen molar-refractivity contribution in [2.24, 2.45) is 0 Å². The van der Waals surface area contributed by atoms with Crippen molar-refractivity contribution in [3.8, 4) is 17.0 Å². The van der Waals surface area contributed by atoms with Crippen LogP contribution in [0.25, 0.3) is 22.4 Å². The number of amides is 1. The summed E-state index contributed by atoms with van der Waals surface area (Å²) in [6.07, 6.45) is 4.74. The SMILES string of the molecule is COc1ccccc1N1CCN(C(=O)CCc2nnc3c4cc(-c5ccccc5)nn4ccn23)CC1. The fraction of sp³-hybridized carbons (Fsp3) is 0.259. The summed E-state index contributed by atoms with van der Waals surface area (Å²) in [5, 5.41) is 13.5. The van der Waals surface area contributed by atoms with Crippen LogP contribution in [0.15, 0.2) is 73.1 Å². The van der Waals surface area contributed by atoms with Gasteiger partial charge in [-0.05, 0) is 18.2 Å². The summed E-state index contributed by atoms with van der Waals surface area (Å²) in [5.74, 6) is 1.78. The van der Waals surface area contributed by atoms with Gasteiger partial charge in [-0.25, -0.2) is 4.52 Å². The lowest BCUT2D eigenvalue weighted by Crippen LogP contribution is -2.49. The number of carbonyl (C=O) groups is 1. The van der Waals surface area contributed by atoms with Gasteiger partial charge < -0.3 is 14.5 Å². The van der Waals surface area contributed by atoms with Crippen molar-refractivity contribution >= 4 is 22.8 Å². The minimum Gasteiger partial charge on any atom is -0.495 e. The summed E-state index contributed by atoms with van der Waals surface area (Å²) in [7, 11) is 1.69. The number of carbonyl (C=O) groups excluding carboxylic acids is 1. The minimum atomic E-state index is 0.142. The highest BCUT2D eigenvalue weighted by Gasteiger charge is 2.23. The lowest BCUT2D eigenvalue weighted by molar-refractivity contribution is -0.131. The van der Waals surface area contributed by atoms with Crippen LogP contribution in [0.4, 0.5) is 5.69 Å². The molecule has 2 aromatic carbocycles. The number of piperazine rings is 1. The Morgan fingerprint density at radius 2 is 1.72 bits per heavy atom. The summed E-state index contributed by atoms with van der Waals surface area (Å²) < 4.78 is 9.27. The molecule has 0 radical (unpaired) electrons. The van der Waals surface area contributed by atoms with E-state index < -0.39 is 0 Å². The second kappa shape index (κ2) is 9.33. The number of fused-ring (bicyclic) bond motifs is 3. The van der Waals surface area contributed by atoms with Gasteiger partial charge >= 0.3 is 0 Å². The van der Waals surface area contributed by atoms with Crippen molar-refractivity contribution < 1.29 is 9.53 Å². The maximum absolute atomic E-state index is 13.0. The van der Waals surface area contributed by atoms with E-state index in [1.165, 1.54) is 0 Å². The summed E-state index contributed by atoms with van der Waals surface area (Å²) in [6, 6.07) is 20.1. The molecule has 0 saturated carbocycles. The average molecular weight is 482 g/mol. The molecule has 1 aliphatic rings. The van der Waals surface area contributed by atoms with E-state index in [0.29, 0.717) is 25.9 Å². The van der Waals surface area contributed by atoms with E-state index in [0.717, 1.165) is 52.8 Å². The van der Waals surface area contributed by atoms with Crippen LogP contribution in [-0.4, -0.2) is 68.3 Å². The van der Waals surface area contributed by atoms with Crippen molar-refractivity contribution in [1.82, 2.24) is 29.1 Å². The average Bonchev–Trinajstić information content (AvgIpc) is 3.56. The fourth-order valence-corrected chi connectivity index (χ4v) is 4.84. The van der Waals surface area contributed by atoms with Gasteiger partial charge in [0, 0.05) is 57.0 Å². The quantitative estimate of drug-likeness (QED) is 0.370. The molecular weight excluding hydrogens is 454 g/mol. The number of hydrogen-bond acceptors (Lipinski definition) is 6. The highest BCUT2D eigenvalue weighted by molar-refractivity contribution is 5.78. The van der Waals surface area contributed by atoms with E-state index in [1.807, 2.05) is 80.8 Å². The molecule has 36 heavy (non-hydrogen) atoms. The van der Waals surface area contributed by atoms with Gasteiger partial charge in [0.05, 0.1) is 18.5 Å². The van der Waals surface area contributed by atoms with Gasteiger partial charge in [0.2, 0.25) is 5.91 Å². The Bertz CT molecular complexity index is 1520. The standard InChI is InChI=1S/C27H27N7O2/c1-36-24-10-6-5-9-22(24)31-13-15-32(16-14-31)26(35)12-11-25-28-29-27-23-19-21(20-7-3-2-4-8-20)30-34(23)18-17-33(25)27/h2-10,17-19H,11-16H2,1H3. The molecule has 1 fully saturated rings. The number of benzene rings is 2. The highest BCUT2D eigenvalue weighted by atomic mass is 16.5. The van der Waals surface area contributed by atoms with Crippen LogP contribution in [0.2, 0.25) is 0 Å². The fourth-order valence-electron chi connectivity index (χ4n) is 4.84. The predicted octanol–water partition coefficient (Wildman–Crippen LogP) is 3.33. The van der Waals surface area contributed by atoms with Gasteiger partial charge in [-0.3, -0.25) is 9.20 Å². The van der Waals surface area contributed by atoms with Crippen molar-refractivity contribution in [3.63, 3.8) is 0 Å². The molecule has 0 spiro atoms. The van der Waals surface area contributed by atoms with Crippen LogP contribution >= 0.6 is 0 Å². The molecule has 0 aliphatic carbocycles. The summed E-state index contributed by atoms with van der Waals surface area (Å²) in [6.45, 7) is 2.94. The monoisotopic (exact) mass is 481 g/mol. The maximum Gasteiger partial charge on any atom is 0.223 e. The summed E-state index contributed by atoms with van der Waals surface area (Å²) in [5.41, 5.74) is 4.63. The topological polar surface area (TPSA) is 80.3 Å². The first-order valence-corrected chi connectivity index (χ1v) is 12.1. The number of ether oxygens (including phenoxy) is 1. The van der Waals surface area contributed by atoms with Gasteiger partial charge in [0.1, 0.15) is 17.1 Å². The Kier molecular flexibility index (Phi) is 5.73. The molecule has 0 atom stereocenters. The molecule has 0 unspecified atom stereocenters. The summed E-state index contributed by atoms with van der Waals surface area (Å²) in [4.78, 5) is 17.2. The first kappa shape index (κ1) is 22.1. The predicted molar refractivity (Wildman–Crippen MR) is 137 cm³/mol. The smallest absolute Gasteiger partial charge is 0.223 e. The zero-order valence-electron chi connectivity index (χ0n) is 20.1. The molecule has 4 heterocycles. The molecule has 0 bridgehead atoms. The third-order valence-electron chi connectivity index (χ3n) is 6.78. The van der Waals surface area contributed by atoms with E-state index in [9.17, 15) is 4.79 Å². The summed E-state index contributed by atoms with van der Waals surface area (Å²) >= 11 is 0. The zero-order valence-corrected chi connectivity index (χ0v) is 20.1. The van der Waals surface area contributed by atoms with Gasteiger partial charge in [-0.15, -0.1) is 10.2 Å². The molecule has 1 aliphatic heterocycles. The van der Waals surface area contributed by atoms with Crippen LogP contribution in [0.5, 0.6) is 5.75 Å². The lowest BCUT2D eigenvalue weighted by Gasteiger charge is -2.36. The van der Waals surface area contributed by atoms with Crippen LogP contribution in [0.1, 0.15) is 12.2 Å². The van der Waals surface area contributed by atoms with E-state index in [2.05, 4.69) is 26.3 Å². The zero-order chi connectivity index (χ0) is 24.5. The Morgan fingerprint density at radius 3 is 2.53 bits per heavy atom. The van der Waals surface area contributed by atoms with Gasteiger partial charge in [0.15, 0.2) is 5.65 Å². The van der Waals surface area contributed by atoms with Crippen LogP contribution in [0.3, 0.4) is 0 Å². The molecule has 182 valence electrons. The normalized spacial score (nSPS) is 14.0. The second-order valence-corrected chi connectivity index (χ2v) is 8.87. The molecule has 6 rings (SSSR count). The third kappa shape index (κ3) is 4.02. The molecule has 0 N–H and O–H groups in total. The Labute approximate surface area is 208 Å². The number of methoxy groups -OCH3 is 1. The Balaban J connectivity index is 1.12. The number of para-hydroxylation sites is 2. The number of nitrogens with zero attached hydrogens (tertiary/aromatic N) is 7. The molecule has 9 heteroatoms. The number of aryl methyl sites for hydroxylation is 1. The van der Waals surface area contributed by atoms with Gasteiger partial charge in [-0.1, -0.05) is 42.5 Å². The Hall–Kier alpha value is -4.40. The van der Waals surface area contributed by atoms with E-state index in [-0.39, 0.29) is 5.91 Å². The van der Waals surface area contributed by atoms with Crippen LogP contribution < -0.4 is 9.64 Å². The van der Waals surface area contributed by atoms with Crippen LogP contribution in [0, 0.1) is 0 Å². The third-order valence-corrected chi connectivity index (χ3v) is 6.78. The highest BCUT2D eigenvalue weighted by Crippen LogP contribution is 2.28. The number of rotatable bonds is 6. The largest absolute Gasteiger partial charge is 0.495 e. The number of anilines is 1. The molecule has 9 nitrogen and oxygen atoms in total. The lowest BCUT2D eigenvalue weighted by atomic mass is 10.1. The van der Waals surface area contributed by atoms with Crippen molar-refractivity contribution in [3.05, 3.63) is 78.9 Å². The second-order valence-electron chi connectivity index (χ2n) is 8.87. The maximum atomic E-state index is 13.0. The van der Waals surface area contributed by atoms with Gasteiger partial charge in [-0.2, -0.15) is 5.10 Å². The van der Waals surface area contributed by atoms with Crippen molar-refractivity contribution in [2.75, 3.05) is 38.2 Å². The van der Waals surface area contributed by atoms with E-state index >= 15 is 0 Å². The first-order valence-electron chi connectivity index (χ1n) is 12.1. The van der Waals surface area contributed by atoms with Crippen LogP contribution in [-0.2, 0) is 11.2 Å². The molecular formula is C27H27N7O2. The van der Waals surface area contributed by atoms with E-state index in [4.69, 9.17) is 4.74 Å². The molecule has 1 amide bonds. The molecule has 1 saturated heterocycles. The number of aromatic nitrogens is 5. The molecule has 3 aromatic heterocycles. The first-order chi connectivity index (χ1) is 17.7. The van der Waals surface area contributed by atoms with Crippen molar-refractivity contribution in [1.29, 1.82) is 0 Å². The van der Waals surface area contributed by atoms with Crippen molar-refractivity contribution in [2.45, 2.75) is 12.8 Å².